The van der Waals surface area contributed by atoms with Crippen LogP contribution in [0.3, 0.4) is 0 Å². The van der Waals surface area contributed by atoms with E-state index >= 15 is 0 Å². The van der Waals surface area contributed by atoms with E-state index in [1.165, 1.54) is 18.3 Å². The Hall–Kier alpha value is -3.66. The number of halogens is 2. The van der Waals surface area contributed by atoms with Gasteiger partial charge in [0.05, 0.1) is 0 Å². The molecule has 3 aromatic rings. The Balaban J connectivity index is 1.25. The number of benzene rings is 2. The smallest absolute Gasteiger partial charge is 0.319 e. The molecule has 4 amide bonds. The Labute approximate surface area is 191 Å². The second-order valence-corrected chi connectivity index (χ2v) is 9.13. The number of anilines is 1. The molecule has 1 aromatic heterocycles. The Morgan fingerprint density at radius 1 is 1.18 bits per heavy atom. The fourth-order valence-corrected chi connectivity index (χ4v) is 5.26. The topological polar surface area (TPSA) is 91.4 Å². The standard InChI is InChI=1S/C23H18F2N4O3S/c24-15-7-13(8-16(25)10-15)9-17-11-26-21(33-17)27-19(30)12-29-20(31)23(28-22(29)32)6-5-14-3-1-2-4-18(14)23/h1-4,7-8,10-11H,5-6,9,12H2,(H,28,32)(H,26,27,30). The van der Waals surface area contributed by atoms with Gasteiger partial charge in [0.15, 0.2) is 5.13 Å². The molecule has 1 fully saturated rings. The summed E-state index contributed by atoms with van der Waals surface area (Å²) in [6.07, 6.45) is 2.86. The van der Waals surface area contributed by atoms with Crippen LogP contribution in [0, 0.1) is 11.6 Å². The van der Waals surface area contributed by atoms with Gasteiger partial charge in [0.1, 0.15) is 23.7 Å². The van der Waals surface area contributed by atoms with Crippen LogP contribution < -0.4 is 10.6 Å². The number of carbonyl (C=O) groups excluding carboxylic acids is 3. The lowest BCUT2D eigenvalue weighted by atomic mass is 9.92. The van der Waals surface area contributed by atoms with Crippen molar-refractivity contribution in [2.75, 3.05) is 11.9 Å². The number of thiazole rings is 1. The number of aromatic nitrogens is 1. The van der Waals surface area contributed by atoms with Crippen molar-refractivity contribution in [1.82, 2.24) is 15.2 Å². The summed E-state index contributed by atoms with van der Waals surface area (Å²) in [4.78, 5) is 43.9. The Bertz CT molecular complexity index is 1270. The minimum Gasteiger partial charge on any atom is -0.319 e. The van der Waals surface area contributed by atoms with E-state index in [1.807, 2.05) is 24.3 Å². The van der Waals surface area contributed by atoms with Gasteiger partial charge in [-0.25, -0.2) is 18.6 Å². The van der Waals surface area contributed by atoms with Gasteiger partial charge in [-0.3, -0.25) is 14.5 Å². The monoisotopic (exact) mass is 468 g/mol. The summed E-state index contributed by atoms with van der Waals surface area (Å²) in [6, 6.07) is 10.1. The quantitative estimate of drug-likeness (QED) is 0.562. The first-order valence-electron chi connectivity index (χ1n) is 10.3. The molecule has 2 aliphatic rings. The summed E-state index contributed by atoms with van der Waals surface area (Å²) in [5, 5.41) is 5.63. The maximum atomic E-state index is 13.4. The van der Waals surface area contributed by atoms with E-state index in [4.69, 9.17) is 0 Å². The lowest BCUT2D eigenvalue weighted by Crippen LogP contribution is -2.42. The van der Waals surface area contributed by atoms with E-state index in [0.717, 1.165) is 33.4 Å². The zero-order valence-electron chi connectivity index (χ0n) is 17.2. The van der Waals surface area contributed by atoms with Gasteiger partial charge in [0.25, 0.3) is 5.91 Å². The number of amides is 4. The Kier molecular flexibility index (Phi) is 5.16. The summed E-state index contributed by atoms with van der Waals surface area (Å²) < 4.78 is 26.8. The van der Waals surface area contributed by atoms with Crippen LogP contribution in [0.25, 0.3) is 0 Å². The number of rotatable bonds is 5. The van der Waals surface area contributed by atoms with Crippen molar-refractivity contribution in [2.45, 2.75) is 24.8 Å². The molecular weight excluding hydrogens is 450 g/mol. The van der Waals surface area contributed by atoms with Crippen LogP contribution in [-0.4, -0.2) is 34.3 Å². The number of nitrogens with one attached hydrogen (secondary N) is 2. The molecule has 1 aliphatic heterocycles. The zero-order chi connectivity index (χ0) is 23.2. The summed E-state index contributed by atoms with van der Waals surface area (Å²) in [6.45, 7) is -0.446. The molecule has 0 radical (unpaired) electrons. The van der Waals surface area contributed by atoms with Gasteiger partial charge in [-0.05, 0) is 41.7 Å². The van der Waals surface area contributed by atoms with Crippen molar-refractivity contribution in [3.63, 3.8) is 0 Å². The lowest BCUT2D eigenvalue weighted by Gasteiger charge is -2.22. The van der Waals surface area contributed by atoms with Gasteiger partial charge < -0.3 is 10.6 Å². The van der Waals surface area contributed by atoms with Crippen molar-refractivity contribution >= 4 is 34.3 Å². The number of fused-ring (bicyclic) bond motifs is 2. The molecule has 2 N–H and O–H groups in total. The first kappa shape index (κ1) is 21.2. The molecule has 2 heterocycles. The summed E-state index contributed by atoms with van der Waals surface area (Å²) >= 11 is 1.14. The van der Waals surface area contributed by atoms with E-state index in [0.29, 0.717) is 23.3 Å². The van der Waals surface area contributed by atoms with Gasteiger partial charge in [-0.15, -0.1) is 11.3 Å². The molecule has 0 bridgehead atoms. The lowest BCUT2D eigenvalue weighted by molar-refractivity contribution is -0.134. The molecule has 1 spiro atoms. The molecule has 0 saturated carbocycles. The second-order valence-electron chi connectivity index (χ2n) is 8.02. The molecule has 2 aromatic carbocycles. The maximum absolute atomic E-state index is 13.4. The van der Waals surface area contributed by atoms with E-state index in [1.54, 1.807) is 0 Å². The molecule has 5 rings (SSSR count). The summed E-state index contributed by atoms with van der Waals surface area (Å²) in [5.74, 6) is -2.35. The highest BCUT2D eigenvalue weighted by molar-refractivity contribution is 7.15. The van der Waals surface area contributed by atoms with Crippen LogP contribution in [0.5, 0.6) is 0 Å². The van der Waals surface area contributed by atoms with Crippen LogP contribution in [0.2, 0.25) is 0 Å². The third kappa shape index (κ3) is 3.86. The molecule has 1 aliphatic carbocycles. The second kappa shape index (κ2) is 8.04. The largest absolute Gasteiger partial charge is 0.325 e. The van der Waals surface area contributed by atoms with E-state index in [2.05, 4.69) is 15.6 Å². The van der Waals surface area contributed by atoms with Gasteiger partial charge in [-0.2, -0.15) is 0 Å². The first-order valence-corrected chi connectivity index (χ1v) is 11.1. The molecule has 7 nitrogen and oxygen atoms in total. The van der Waals surface area contributed by atoms with Crippen molar-refractivity contribution < 1.29 is 23.2 Å². The highest BCUT2D eigenvalue weighted by Gasteiger charge is 2.55. The molecule has 1 saturated heterocycles. The van der Waals surface area contributed by atoms with Crippen LogP contribution in [0.15, 0.2) is 48.7 Å². The number of aryl methyl sites for hydroxylation is 1. The summed E-state index contributed by atoms with van der Waals surface area (Å²) in [7, 11) is 0. The Morgan fingerprint density at radius 2 is 1.94 bits per heavy atom. The number of hydrogen-bond donors (Lipinski definition) is 2. The van der Waals surface area contributed by atoms with Gasteiger partial charge in [-0.1, -0.05) is 24.3 Å². The van der Waals surface area contributed by atoms with Crippen molar-refractivity contribution in [1.29, 1.82) is 0 Å². The maximum Gasteiger partial charge on any atom is 0.325 e. The fraction of sp³-hybridized carbons (Fsp3) is 0.217. The molecule has 168 valence electrons. The third-order valence-electron chi connectivity index (χ3n) is 5.82. The fourth-order valence-electron chi connectivity index (χ4n) is 4.40. The molecule has 1 unspecified atom stereocenters. The molecular formula is C23H18F2N4O3S. The molecule has 1 atom stereocenters. The number of hydrogen-bond acceptors (Lipinski definition) is 5. The van der Waals surface area contributed by atoms with Crippen LogP contribution in [-0.2, 0) is 28.0 Å². The number of imide groups is 1. The predicted molar refractivity (Wildman–Crippen MR) is 117 cm³/mol. The van der Waals surface area contributed by atoms with Crippen LogP contribution in [0.4, 0.5) is 18.7 Å². The van der Waals surface area contributed by atoms with Crippen molar-refractivity contribution in [3.05, 3.63) is 81.9 Å². The highest BCUT2D eigenvalue weighted by atomic mass is 32.1. The minimum absolute atomic E-state index is 0.247. The SMILES string of the molecule is O=C(CN1C(=O)NC2(CCc3ccccc32)C1=O)Nc1ncc(Cc2cc(F)cc(F)c2)s1. The number of nitrogens with zero attached hydrogens (tertiary/aromatic N) is 2. The van der Waals surface area contributed by atoms with Crippen LogP contribution in [0.1, 0.15) is 28.0 Å². The number of urea groups is 1. The van der Waals surface area contributed by atoms with Gasteiger partial charge in [0.2, 0.25) is 5.91 Å². The Morgan fingerprint density at radius 3 is 2.73 bits per heavy atom. The average molecular weight is 468 g/mol. The minimum atomic E-state index is -1.12. The predicted octanol–water partition coefficient (Wildman–Crippen LogP) is 3.34. The van der Waals surface area contributed by atoms with Crippen molar-refractivity contribution in [3.8, 4) is 0 Å². The van der Waals surface area contributed by atoms with Gasteiger partial charge >= 0.3 is 6.03 Å². The van der Waals surface area contributed by atoms with E-state index in [9.17, 15) is 23.2 Å². The normalized spacial score (nSPS) is 19.2. The van der Waals surface area contributed by atoms with Gasteiger partial charge in [0, 0.05) is 23.6 Å². The molecule has 10 heteroatoms. The summed E-state index contributed by atoms with van der Waals surface area (Å²) in [5.41, 5.74) is 1.09. The number of carbonyl (C=O) groups is 3. The average Bonchev–Trinajstić information content (AvgIpc) is 3.41. The zero-order valence-corrected chi connectivity index (χ0v) is 18.0. The van der Waals surface area contributed by atoms with E-state index in [-0.39, 0.29) is 11.6 Å². The van der Waals surface area contributed by atoms with E-state index < -0.39 is 41.6 Å². The highest BCUT2D eigenvalue weighted by Crippen LogP contribution is 2.41. The van der Waals surface area contributed by atoms with Crippen molar-refractivity contribution in [2.24, 2.45) is 0 Å². The molecule has 33 heavy (non-hydrogen) atoms. The first-order chi connectivity index (χ1) is 15.8. The third-order valence-corrected chi connectivity index (χ3v) is 6.74. The van der Waals surface area contributed by atoms with Crippen LogP contribution >= 0.6 is 11.3 Å².